The summed E-state index contributed by atoms with van der Waals surface area (Å²) < 4.78 is 0. The van der Waals surface area contributed by atoms with Gasteiger partial charge in [-0.1, -0.05) is 0 Å². The van der Waals surface area contributed by atoms with Crippen molar-refractivity contribution in [1.29, 1.82) is 0 Å². The van der Waals surface area contributed by atoms with Gasteiger partial charge in [-0.05, 0) is 18.2 Å². The van der Waals surface area contributed by atoms with Crippen LogP contribution in [0.3, 0.4) is 0 Å². The first-order chi connectivity index (χ1) is 6.31. The monoisotopic (exact) mass is 177 g/mol. The van der Waals surface area contributed by atoms with E-state index in [9.17, 15) is 4.79 Å². The first-order valence-corrected chi connectivity index (χ1v) is 3.69. The van der Waals surface area contributed by atoms with Crippen LogP contribution >= 0.6 is 0 Å². The van der Waals surface area contributed by atoms with Crippen LogP contribution in [0.2, 0.25) is 0 Å². The summed E-state index contributed by atoms with van der Waals surface area (Å²) >= 11 is 0. The third-order valence-electron chi connectivity index (χ3n) is 1.80. The van der Waals surface area contributed by atoms with Crippen LogP contribution in [-0.2, 0) is 0 Å². The first kappa shape index (κ1) is 7.75. The maximum Gasteiger partial charge on any atom is 0.274 e. The van der Waals surface area contributed by atoms with E-state index in [1.54, 1.807) is 29.9 Å². The second-order valence-electron chi connectivity index (χ2n) is 2.61. The quantitative estimate of drug-likeness (QED) is 0.442. The number of benzene rings is 1. The van der Waals surface area contributed by atoms with Gasteiger partial charge < -0.3 is 0 Å². The highest BCUT2D eigenvalue weighted by atomic mass is 16.5. The van der Waals surface area contributed by atoms with E-state index in [2.05, 4.69) is 10.2 Å². The van der Waals surface area contributed by atoms with Gasteiger partial charge in [-0.2, -0.15) is 5.10 Å². The number of fused-ring (bicyclic) bond motifs is 1. The maximum atomic E-state index is 11.0. The third-order valence-corrected chi connectivity index (χ3v) is 1.80. The van der Waals surface area contributed by atoms with Crippen molar-refractivity contribution in [2.75, 3.05) is 0 Å². The Morgan fingerprint density at radius 1 is 1.54 bits per heavy atom. The molecule has 0 fully saturated rings. The predicted octanol–water partition coefficient (Wildman–Crippen LogP) is 0.682. The van der Waals surface area contributed by atoms with E-state index in [4.69, 9.17) is 5.21 Å². The van der Waals surface area contributed by atoms with Crippen LogP contribution in [0.4, 0.5) is 0 Å². The van der Waals surface area contributed by atoms with Crippen LogP contribution in [-0.4, -0.2) is 21.3 Å². The molecule has 0 bridgehead atoms. The summed E-state index contributed by atoms with van der Waals surface area (Å²) in [6.07, 6.45) is 1.61. The number of rotatable bonds is 1. The van der Waals surface area contributed by atoms with Gasteiger partial charge in [-0.15, -0.1) is 0 Å². The van der Waals surface area contributed by atoms with Gasteiger partial charge in [0.1, 0.15) is 0 Å². The summed E-state index contributed by atoms with van der Waals surface area (Å²) in [7, 11) is 0. The van der Waals surface area contributed by atoms with E-state index in [1.165, 1.54) is 0 Å². The smallest absolute Gasteiger partial charge is 0.274 e. The number of aromatic nitrogens is 2. The van der Waals surface area contributed by atoms with Crippen molar-refractivity contribution in [3.63, 3.8) is 0 Å². The number of carbonyl (C=O) groups is 1. The molecule has 5 heteroatoms. The van der Waals surface area contributed by atoms with Crippen molar-refractivity contribution in [2.24, 2.45) is 0 Å². The molecule has 0 saturated heterocycles. The molecule has 5 nitrogen and oxygen atoms in total. The predicted molar refractivity (Wildman–Crippen MR) is 45.3 cm³/mol. The van der Waals surface area contributed by atoms with Gasteiger partial charge in [0, 0.05) is 10.9 Å². The zero-order valence-corrected chi connectivity index (χ0v) is 6.61. The van der Waals surface area contributed by atoms with Gasteiger partial charge in [-0.3, -0.25) is 15.1 Å². The van der Waals surface area contributed by atoms with Crippen molar-refractivity contribution in [3.05, 3.63) is 30.0 Å². The molecule has 0 aliphatic rings. The van der Waals surface area contributed by atoms with Gasteiger partial charge in [0.05, 0.1) is 11.7 Å². The fourth-order valence-corrected chi connectivity index (χ4v) is 1.15. The average Bonchev–Trinajstić information content (AvgIpc) is 2.63. The molecule has 1 aromatic heterocycles. The molecule has 66 valence electrons. The van der Waals surface area contributed by atoms with Crippen molar-refractivity contribution in [2.45, 2.75) is 0 Å². The summed E-state index contributed by atoms with van der Waals surface area (Å²) in [5, 5.41) is 15.8. The highest BCUT2D eigenvalue weighted by molar-refractivity contribution is 5.97. The molecular formula is C8H7N3O2. The van der Waals surface area contributed by atoms with Gasteiger partial charge in [0.25, 0.3) is 5.91 Å². The number of amides is 1. The molecule has 1 amide bonds. The van der Waals surface area contributed by atoms with E-state index in [0.717, 1.165) is 10.9 Å². The highest BCUT2D eigenvalue weighted by Gasteiger charge is 2.04. The molecule has 1 aromatic carbocycles. The lowest BCUT2D eigenvalue weighted by atomic mass is 10.1. The Morgan fingerprint density at radius 2 is 2.38 bits per heavy atom. The Hall–Kier alpha value is -1.88. The third kappa shape index (κ3) is 1.25. The molecule has 2 rings (SSSR count). The number of carbonyl (C=O) groups excluding carboxylic acids is 1. The number of nitrogens with one attached hydrogen (secondary N) is 2. The normalized spacial score (nSPS) is 10.2. The lowest BCUT2D eigenvalue weighted by Gasteiger charge is -1.97. The summed E-state index contributed by atoms with van der Waals surface area (Å²) in [6, 6.07) is 4.98. The standard InChI is InChI=1S/C8H7N3O2/c12-8(11-13)5-1-2-7-6(3-5)4-9-10-7/h1-4,13H,(H,9,10)(H,11,12). The van der Waals surface area contributed by atoms with E-state index in [-0.39, 0.29) is 0 Å². The summed E-state index contributed by atoms with van der Waals surface area (Å²) in [4.78, 5) is 11.0. The molecule has 0 spiro atoms. The Kier molecular flexibility index (Phi) is 1.71. The van der Waals surface area contributed by atoms with Crippen molar-refractivity contribution in [1.82, 2.24) is 15.7 Å². The van der Waals surface area contributed by atoms with Crippen LogP contribution in [0.15, 0.2) is 24.4 Å². The van der Waals surface area contributed by atoms with Crippen LogP contribution in [0.5, 0.6) is 0 Å². The molecule has 0 aliphatic carbocycles. The second kappa shape index (κ2) is 2.87. The van der Waals surface area contributed by atoms with Crippen LogP contribution in [0.1, 0.15) is 10.4 Å². The molecule has 0 radical (unpaired) electrons. The first-order valence-electron chi connectivity index (χ1n) is 3.69. The lowest BCUT2D eigenvalue weighted by molar-refractivity contribution is 0.0706. The van der Waals surface area contributed by atoms with Crippen LogP contribution in [0, 0.1) is 0 Å². The Labute approximate surface area is 73.3 Å². The maximum absolute atomic E-state index is 11.0. The number of hydrogen-bond donors (Lipinski definition) is 3. The SMILES string of the molecule is O=C(NO)c1ccc2[nH]ncc2c1. The summed E-state index contributed by atoms with van der Waals surface area (Å²) in [5.41, 5.74) is 2.82. The molecule has 0 atom stereocenters. The zero-order chi connectivity index (χ0) is 9.26. The zero-order valence-electron chi connectivity index (χ0n) is 6.61. The minimum absolute atomic E-state index is 0.399. The van der Waals surface area contributed by atoms with Gasteiger partial charge in [0.2, 0.25) is 0 Å². The fraction of sp³-hybridized carbons (Fsp3) is 0. The molecule has 0 aliphatic heterocycles. The Morgan fingerprint density at radius 3 is 3.15 bits per heavy atom. The van der Waals surface area contributed by atoms with Gasteiger partial charge >= 0.3 is 0 Å². The van der Waals surface area contributed by atoms with Crippen molar-refractivity contribution in [3.8, 4) is 0 Å². The number of hydrogen-bond acceptors (Lipinski definition) is 3. The second-order valence-corrected chi connectivity index (χ2v) is 2.61. The molecule has 13 heavy (non-hydrogen) atoms. The molecule has 0 saturated carbocycles. The highest BCUT2D eigenvalue weighted by Crippen LogP contribution is 2.12. The average molecular weight is 177 g/mol. The molecule has 1 heterocycles. The van der Waals surface area contributed by atoms with Crippen LogP contribution in [0.25, 0.3) is 10.9 Å². The Balaban J connectivity index is 2.54. The van der Waals surface area contributed by atoms with Crippen LogP contribution < -0.4 is 5.48 Å². The van der Waals surface area contributed by atoms with E-state index in [1.807, 2.05) is 0 Å². The number of hydroxylamine groups is 1. The molecule has 2 aromatic rings. The van der Waals surface area contributed by atoms with Gasteiger partial charge in [0.15, 0.2) is 0 Å². The van der Waals surface area contributed by atoms with E-state index in [0.29, 0.717) is 5.56 Å². The minimum atomic E-state index is -0.525. The molecule has 3 N–H and O–H groups in total. The minimum Gasteiger partial charge on any atom is -0.288 e. The van der Waals surface area contributed by atoms with Gasteiger partial charge in [-0.25, -0.2) is 5.48 Å². The van der Waals surface area contributed by atoms with E-state index >= 15 is 0 Å². The number of nitrogens with zero attached hydrogens (tertiary/aromatic N) is 1. The summed E-state index contributed by atoms with van der Waals surface area (Å²) in [5.74, 6) is -0.525. The molecule has 0 unspecified atom stereocenters. The topological polar surface area (TPSA) is 78.0 Å². The molecular weight excluding hydrogens is 170 g/mol. The summed E-state index contributed by atoms with van der Waals surface area (Å²) in [6.45, 7) is 0. The number of aromatic amines is 1. The lowest BCUT2D eigenvalue weighted by Crippen LogP contribution is -2.18. The fourth-order valence-electron chi connectivity index (χ4n) is 1.15. The Bertz CT molecular complexity index is 449. The van der Waals surface area contributed by atoms with Crippen molar-refractivity contribution < 1.29 is 10.0 Å². The largest absolute Gasteiger partial charge is 0.288 e. The van der Waals surface area contributed by atoms with Crippen molar-refractivity contribution >= 4 is 16.8 Å². The number of H-pyrrole nitrogens is 1. The van der Waals surface area contributed by atoms with E-state index < -0.39 is 5.91 Å².